The van der Waals surface area contributed by atoms with Gasteiger partial charge in [0.25, 0.3) is 0 Å². The number of rotatable bonds is 7. The molecule has 0 amide bonds. The quantitative estimate of drug-likeness (QED) is 0.520. The molecule has 0 fully saturated rings. The lowest BCUT2D eigenvalue weighted by molar-refractivity contribution is 0.0602. The van der Waals surface area contributed by atoms with Crippen molar-refractivity contribution in [2.24, 2.45) is 0 Å². The number of nitrogens with one attached hydrogen (secondary N) is 1. The molecule has 1 N–H and O–H groups in total. The number of hydrogen-bond acceptors (Lipinski definition) is 6. The molecule has 0 radical (unpaired) electrons. The third-order valence-electron chi connectivity index (χ3n) is 4.06. The summed E-state index contributed by atoms with van der Waals surface area (Å²) in [5.74, 6) is 0.0589. The van der Waals surface area contributed by atoms with Gasteiger partial charge in [-0.15, -0.1) is 0 Å². The fourth-order valence-electron chi connectivity index (χ4n) is 2.69. The number of esters is 1. The maximum atomic E-state index is 11.9. The van der Waals surface area contributed by atoms with Crippen LogP contribution in [0.25, 0.3) is 22.6 Å². The molecule has 26 heavy (non-hydrogen) atoms. The van der Waals surface area contributed by atoms with E-state index < -0.39 is 5.97 Å². The Morgan fingerprint density at radius 1 is 1.23 bits per heavy atom. The van der Waals surface area contributed by atoms with Crippen molar-refractivity contribution < 1.29 is 13.9 Å². The van der Waals surface area contributed by atoms with Crippen LogP contribution in [0.1, 0.15) is 15.9 Å². The lowest BCUT2D eigenvalue weighted by Gasteiger charge is -2.10. The van der Waals surface area contributed by atoms with Gasteiger partial charge in [0.2, 0.25) is 5.89 Å². The highest BCUT2D eigenvalue weighted by molar-refractivity contribution is 6.01. The van der Waals surface area contributed by atoms with Gasteiger partial charge in [-0.1, -0.05) is 18.2 Å². The smallest absolute Gasteiger partial charge is 0.341 e. The minimum Gasteiger partial charge on any atom is -0.465 e. The van der Waals surface area contributed by atoms with E-state index in [2.05, 4.69) is 35.4 Å². The van der Waals surface area contributed by atoms with E-state index in [1.54, 1.807) is 12.1 Å². The molecular formula is C20H23N3O3. The standard InChI is InChI=1S/C20H23N3O3/c1-23(2)11-10-21-13-14-6-4-7-15(12-14)19-22-17-9-5-8-16(18(17)26-19)20(24)25-3/h4-9,12,21H,10-11,13H2,1-3H3. The maximum absolute atomic E-state index is 11.9. The van der Waals surface area contributed by atoms with E-state index in [-0.39, 0.29) is 0 Å². The predicted octanol–water partition coefficient (Wildman–Crippen LogP) is 2.93. The Kier molecular flexibility index (Phi) is 5.65. The first-order valence-corrected chi connectivity index (χ1v) is 8.51. The normalized spacial score (nSPS) is 11.2. The molecule has 0 unspecified atom stereocenters. The van der Waals surface area contributed by atoms with Gasteiger partial charge in [0.1, 0.15) is 11.1 Å². The highest BCUT2D eigenvalue weighted by Gasteiger charge is 2.16. The summed E-state index contributed by atoms with van der Waals surface area (Å²) in [7, 11) is 5.46. The van der Waals surface area contributed by atoms with Gasteiger partial charge in [-0.25, -0.2) is 9.78 Å². The van der Waals surface area contributed by atoms with Gasteiger partial charge in [0, 0.05) is 25.2 Å². The fourth-order valence-corrected chi connectivity index (χ4v) is 2.69. The average Bonchev–Trinajstić information content (AvgIpc) is 3.09. The Bertz CT molecular complexity index is 902. The second-order valence-electron chi connectivity index (χ2n) is 6.34. The Morgan fingerprint density at radius 3 is 2.81 bits per heavy atom. The lowest BCUT2D eigenvalue weighted by atomic mass is 10.1. The van der Waals surface area contributed by atoms with Gasteiger partial charge < -0.3 is 19.4 Å². The molecule has 3 aromatic rings. The van der Waals surface area contributed by atoms with E-state index in [9.17, 15) is 4.79 Å². The Hall–Kier alpha value is -2.70. The van der Waals surface area contributed by atoms with Crippen LogP contribution in [0.15, 0.2) is 46.9 Å². The molecule has 0 atom stereocenters. The number of benzene rings is 2. The van der Waals surface area contributed by atoms with Crippen molar-refractivity contribution in [3.8, 4) is 11.5 Å². The third kappa shape index (κ3) is 4.09. The van der Waals surface area contributed by atoms with Crippen molar-refractivity contribution in [1.29, 1.82) is 0 Å². The van der Waals surface area contributed by atoms with Crippen molar-refractivity contribution >= 4 is 17.1 Å². The summed E-state index contributed by atoms with van der Waals surface area (Å²) in [4.78, 5) is 18.6. The Balaban J connectivity index is 1.83. The van der Waals surface area contributed by atoms with Crippen LogP contribution in [0.3, 0.4) is 0 Å². The van der Waals surface area contributed by atoms with Gasteiger partial charge >= 0.3 is 5.97 Å². The molecule has 1 aromatic heterocycles. The van der Waals surface area contributed by atoms with Crippen molar-refractivity contribution in [3.63, 3.8) is 0 Å². The number of carbonyl (C=O) groups excluding carboxylic acids is 1. The van der Waals surface area contributed by atoms with Crippen molar-refractivity contribution in [3.05, 3.63) is 53.6 Å². The third-order valence-corrected chi connectivity index (χ3v) is 4.06. The number of nitrogens with zero attached hydrogens (tertiary/aromatic N) is 2. The molecule has 0 aliphatic rings. The molecule has 136 valence electrons. The largest absolute Gasteiger partial charge is 0.465 e. The van der Waals surface area contributed by atoms with E-state index in [1.807, 2.05) is 24.3 Å². The van der Waals surface area contributed by atoms with Crippen LogP contribution in [0.5, 0.6) is 0 Å². The first kappa shape index (κ1) is 18.1. The van der Waals surface area contributed by atoms with Crippen molar-refractivity contribution in [1.82, 2.24) is 15.2 Å². The van der Waals surface area contributed by atoms with Crippen LogP contribution in [0.2, 0.25) is 0 Å². The summed E-state index contributed by atoms with van der Waals surface area (Å²) in [6.07, 6.45) is 0. The van der Waals surface area contributed by atoms with Crippen molar-refractivity contribution in [2.75, 3.05) is 34.3 Å². The highest BCUT2D eigenvalue weighted by atomic mass is 16.5. The Labute approximate surface area is 152 Å². The molecule has 0 spiro atoms. The zero-order valence-corrected chi connectivity index (χ0v) is 15.3. The monoisotopic (exact) mass is 353 g/mol. The molecule has 6 heteroatoms. The molecule has 6 nitrogen and oxygen atoms in total. The molecule has 1 heterocycles. The topological polar surface area (TPSA) is 67.6 Å². The minimum atomic E-state index is -0.433. The first-order chi connectivity index (χ1) is 12.6. The highest BCUT2D eigenvalue weighted by Crippen LogP contribution is 2.27. The number of ether oxygens (including phenoxy) is 1. The first-order valence-electron chi connectivity index (χ1n) is 8.51. The molecular weight excluding hydrogens is 330 g/mol. The summed E-state index contributed by atoms with van der Waals surface area (Å²) in [5, 5.41) is 3.42. The predicted molar refractivity (Wildman–Crippen MR) is 101 cm³/mol. The van der Waals surface area contributed by atoms with Gasteiger partial charge in [-0.3, -0.25) is 0 Å². The zero-order valence-electron chi connectivity index (χ0n) is 15.3. The molecule has 2 aromatic carbocycles. The van der Waals surface area contributed by atoms with Crippen LogP contribution >= 0.6 is 0 Å². The van der Waals surface area contributed by atoms with E-state index in [0.717, 1.165) is 30.8 Å². The van der Waals surface area contributed by atoms with Gasteiger partial charge in [-0.05, 0) is 43.9 Å². The number of likely N-dealkylation sites (N-methyl/N-ethyl adjacent to an activating group) is 1. The molecule has 0 saturated heterocycles. The molecule has 3 rings (SSSR count). The van der Waals surface area contributed by atoms with E-state index in [0.29, 0.717) is 22.6 Å². The Morgan fingerprint density at radius 2 is 2.04 bits per heavy atom. The maximum Gasteiger partial charge on any atom is 0.341 e. The molecule has 0 aliphatic heterocycles. The van der Waals surface area contributed by atoms with Gasteiger partial charge in [0.05, 0.1) is 7.11 Å². The lowest BCUT2D eigenvalue weighted by Crippen LogP contribution is -2.26. The van der Waals surface area contributed by atoms with Crippen LogP contribution in [-0.2, 0) is 11.3 Å². The van der Waals surface area contributed by atoms with Gasteiger partial charge in [-0.2, -0.15) is 0 Å². The molecule has 0 aliphatic carbocycles. The summed E-state index contributed by atoms with van der Waals surface area (Å²) in [5.41, 5.74) is 3.49. The van der Waals surface area contributed by atoms with E-state index in [1.165, 1.54) is 7.11 Å². The second-order valence-corrected chi connectivity index (χ2v) is 6.34. The number of oxazole rings is 1. The average molecular weight is 353 g/mol. The summed E-state index contributed by atoms with van der Waals surface area (Å²) < 4.78 is 10.7. The summed E-state index contributed by atoms with van der Waals surface area (Å²) in [6, 6.07) is 13.3. The summed E-state index contributed by atoms with van der Waals surface area (Å²) in [6.45, 7) is 2.68. The molecule has 0 bridgehead atoms. The summed E-state index contributed by atoms with van der Waals surface area (Å²) >= 11 is 0. The zero-order chi connectivity index (χ0) is 18.5. The number of para-hydroxylation sites is 1. The number of aromatic nitrogens is 1. The van der Waals surface area contributed by atoms with Crippen molar-refractivity contribution in [2.45, 2.75) is 6.54 Å². The number of fused-ring (bicyclic) bond motifs is 1. The second kappa shape index (κ2) is 8.12. The van der Waals surface area contributed by atoms with Crippen LogP contribution < -0.4 is 5.32 Å². The number of carbonyl (C=O) groups is 1. The van der Waals surface area contributed by atoms with Crippen LogP contribution in [0, 0.1) is 0 Å². The van der Waals surface area contributed by atoms with Crippen LogP contribution in [0.4, 0.5) is 0 Å². The SMILES string of the molecule is COC(=O)c1cccc2nc(-c3cccc(CNCCN(C)C)c3)oc12. The van der Waals surface area contributed by atoms with E-state index >= 15 is 0 Å². The van der Waals surface area contributed by atoms with E-state index in [4.69, 9.17) is 9.15 Å². The van der Waals surface area contributed by atoms with Gasteiger partial charge in [0.15, 0.2) is 5.58 Å². The minimum absolute atomic E-state index is 0.380. The number of hydrogen-bond donors (Lipinski definition) is 1. The number of methoxy groups -OCH3 is 1. The fraction of sp³-hybridized carbons (Fsp3) is 0.300. The van der Waals surface area contributed by atoms with Crippen LogP contribution in [-0.4, -0.2) is 50.1 Å². The molecule has 0 saturated carbocycles.